The maximum Gasteiger partial charge on any atom is 0.315 e. The van der Waals surface area contributed by atoms with E-state index in [-0.39, 0.29) is 23.7 Å². The van der Waals surface area contributed by atoms with Gasteiger partial charge in [0.05, 0.1) is 5.92 Å². The Labute approximate surface area is 170 Å². The molecule has 0 aromatic heterocycles. The van der Waals surface area contributed by atoms with E-state index in [4.69, 9.17) is 4.74 Å². The SMILES string of the molecule is O=C(Oc1ccc2ccccc2c1)C1C(c2ccccc2)C[C@H]1c1ccccc1. The summed E-state index contributed by atoms with van der Waals surface area (Å²) in [4.78, 5) is 13.3. The van der Waals surface area contributed by atoms with E-state index in [1.54, 1.807) is 0 Å². The Hall–Kier alpha value is -3.39. The highest BCUT2D eigenvalue weighted by Crippen LogP contribution is 2.53. The monoisotopic (exact) mass is 378 g/mol. The number of carbonyl (C=O) groups is 1. The molecule has 1 saturated carbocycles. The normalized spacial score (nSPS) is 20.8. The van der Waals surface area contributed by atoms with Gasteiger partial charge >= 0.3 is 5.97 Å². The van der Waals surface area contributed by atoms with Gasteiger partial charge in [0.15, 0.2) is 0 Å². The molecule has 0 saturated heterocycles. The van der Waals surface area contributed by atoms with Crippen molar-refractivity contribution in [2.45, 2.75) is 18.3 Å². The van der Waals surface area contributed by atoms with Crippen LogP contribution in [0.25, 0.3) is 10.8 Å². The van der Waals surface area contributed by atoms with Crippen molar-refractivity contribution >= 4 is 16.7 Å². The van der Waals surface area contributed by atoms with Crippen molar-refractivity contribution in [3.63, 3.8) is 0 Å². The fourth-order valence-electron chi connectivity index (χ4n) is 4.48. The zero-order valence-corrected chi connectivity index (χ0v) is 16.1. The van der Waals surface area contributed by atoms with Crippen molar-refractivity contribution in [1.29, 1.82) is 0 Å². The van der Waals surface area contributed by atoms with Crippen LogP contribution in [0.5, 0.6) is 5.75 Å². The van der Waals surface area contributed by atoms with Gasteiger partial charge in [-0.05, 0) is 52.3 Å². The van der Waals surface area contributed by atoms with Gasteiger partial charge in [-0.3, -0.25) is 4.79 Å². The number of rotatable bonds is 4. The molecule has 2 heteroatoms. The number of hydrogen-bond acceptors (Lipinski definition) is 2. The molecule has 0 bridgehead atoms. The minimum Gasteiger partial charge on any atom is -0.426 e. The standard InChI is InChI=1S/C27H22O2/c28-27(29-23-16-15-19-9-7-8-14-22(19)17-23)26-24(20-10-3-1-4-11-20)18-25(26)21-12-5-2-6-13-21/h1-17,24-26H,18H2/t24-,25?,26?/m0/s1. The van der Waals surface area contributed by atoms with Gasteiger partial charge in [0.25, 0.3) is 0 Å². The van der Waals surface area contributed by atoms with Crippen LogP contribution in [0, 0.1) is 5.92 Å². The van der Waals surface area contributed by atoms with Gasteiger partial charge in [-0.1, -0.05) is 91.0 Å². The molecule has 2 nitrogen and oxygen atoms in total. The van der Waals surface area contributed by atoms with Gasteiger partial charge in [0, 0.05) is 0 Å². The molecule has 1 aliphatic carbocycles. The van der Waals surface area contributed by atoms with Gasteiger partial charge < -0.3 is 4.74 Å². The van der Waals surface area contributed by atoms with Gasteiger partial charge in [0.1, 0.15) is 5.75 Å². The third-order valence-electron chi connectivity index (χ3n) is 6.04. The summed E-state index contributed by atoms with van der Waals surface area (Å²) in [6.45, 7) is 0. The number of hydrogen-bond donors (Lipinski definition) is 0. The van der Waals surface area contributed by atoms with E-state index in [0.29, 0.717) is 5.75 Å². The number of ether oxygens (including phenoxy) is 1. The highest BCUT2D eigenvalue weighted by atomic mass is 16.5. The Morgan fingerprint density at radius 3 is 1.83 bits per heavy atom. The summed E-state index contributed by atoms with van der Waals surface area (Å²) >= 11 is 0. The Morgan fingerprint density at radius 1 is 0.655 bits per heavy atom. The van der Waals surface area contributed by atoms with E-state index in [9.17, 15) is 4.79 Å². The second kappa shape index (κ2) is 7.56. The van der Waals surface area contributed by atoms with Crippen LogP contribution < -0.4 is 4.74 Å². The number of benzene rings is 4. The summed E-state index contributed by atoms with van der Waals surface area (Å²) in [6.07, 6.45) is 0.964. The third-order valence-corrected chi connectivity index (χ3v) is 6.04. The van der Waals surface area contributed by atoms with Crippen LogP contribution in [0.4, 0.5) is 0 Å². The second-order valence-corrected chi connectivity index (χ2v) is 7.73. The highest BCUT2D eigenvalue weighted by molar-refractivity contribution is 5.85. The van der Waals surface area contributed by atoms with E-state index in [1.807, 2.05) is 72.8 Å². The zero-order chi connectivity index (χ0) is 19.6. The zero-order valence-electron chi connectivity index (χ0n) is 16.1. The molecule has 4 aromatic rings. The van der Waals surface area contributed by atoms with Gasteiger partial charge in [-0.15, -0.1) is 0 Å². The molecule has 0 radical (unpaired) electrons. The first-order valence-corrected chi connectivity index (χ1v) is 10.1. The fraction of sp³-hybridized carbons (Fsp3) is 0.148. The van der Waals surface area contributed by atoms with Crippen molar-refractivity contribution in [3.05, 3.63) is 114 Å². The summed E-state index contributed by atoms with van der Waals surface area (Å²) in [5.41, 5.74) is 2.42. The Balaban J connectivity index is 1.44. The molecule has 0 aliphatic heterocycles. The molecule has 5 rings (SSSR count). The lowest BCUT2D eigenvalue weighted by Gasteiger charge is -2.43. The predicted octanol–water partition coefficient (Wildman–Crippen LogP) is 6.33. The fourth-order valence-corrected chi connectivity index (χ4v) is 4.48. The van der Waals surface area contributed by atoms with Crippen LogP contribution in [-0.4, -0.2) is 5.97 Å². The Kier molecular flexibility index (Phi) is 4.61. The van der Waals surface area contributed by atoms with Crippen molar-refractivity contribution in [2.75, 3.05) is 0 Å². The number of carbonyl (C=O) groups excluding carboxylic acids is 1. The molecule has 1 aliphatic rings. The first-order valence-electron chi connectivity index (χ1n) is 10.1. The van der Waals surface area contributed by atoms with Crippen molar-refractivity contribution in [1.82, 2.24) is 0 Å². The summed E-state index contributed by atoms with van der Waals surface area (Å²) in [7, 11) is 0. The molecule has 1 fully saturated rings. The Morgan fingerprint density at radius 2 is 1.21 bits per heavy atom. The van der Waals surface area contributed by atoms with Crippen molar-refractivity contribution in [3.8, 4) is 5.75 Å². The molecule has 29 heavy (non-hydrogen) atoms. The molecule has 3 atom stereocenters. The smallest absolute Gasteiger partial charge is 0.315 e. The molecule has 0 spiro atoms. The van der Waals surface area contributed by atoms with Crippen LogP contribution in [0.2, 0.25) is 0 Å². The van der Waals surface area contributed by atoms with Gasteiger partial charge in [0.2, 0.25) is 0 Å². The van der Waals surface area contributed by atoms with Crippen LogP contribution in [0.15, 0.2) is 103 Å². The first-order chi connectivity index (χ1) is 14.3. The van der Waals surface area contributed by atoms with Crippen LogP contribution in [0.1, 0.15) is 29.4 Å². The molecule has 4 aromatic carbocycles. The lowest BCUT2D eigenvalue weighted by Crippen LogP contribution is -2.41. The quantitative estimate of drug-likeness (QED) is 0.306. The minimum atomic E-state index is -0.175. The van der Waals surface area contributed by atoms with E-state index >= 15 is 0 Å². The molecule has 2 unspecified atom stereocenters. The number of fused-ring (bicyclic) bond motifs is 1. The minimum absolute atomic E-state index is 0.144. The summed E-state index contributed by atoms with van der Waals surface area (Å²) in [6, 6.07) is 34.6. The summed E-state index contributed by atoms with van der Waals surface area (Å²) in [5, 5.41) is 2.21. The van der Waals surface area contributed by atoms with E-state index < -0.39 is 0 Å². The third kappa shape index (κ3) is 3.42. The molecular weight excluding hydrogens is 356 g/mol. The molecule has 142 valence electrons. The van der Waals surface area contributed by atoms with Crippen molar-refractivity contribution in [2.24, 2.45) is 5.92 Å². The lowest BCUT2D eigenvalue weighted by molar-refractivity contribution is -0.144. The van der Waals surface area contributed by atoms with E-state index in [0.717, 1.165) is 17.2 Å². The molecular formula is C27H22O2. The Bertz CT molecular complexity index is 1090. The predicted molar refractivity (Wildman–Crippen MR) is 116 cm³/mol. The molecule has 0 N–H and O–H groups in total. The lowest BCUT2D eigenvalue weighted by atomic mass is 9.60. The van der Waals surface area contributed by atoms with Crippen LogP contribution in [0.3, 0.4) is 0 Å². The summed E-state index contributed by atoms with van der Waals surface area (Å²) < 4.78 is 5.89. The first kappa shape index (κ1) is 17.7. The highest BCUT2D eigenvalue weighted by Gasteiger charge is 2.48. The maximum absolute atomic E-state index is 13.3. The van der Waals surface area contributed by atoms with Gasteiger partial charge in [-0.2, -0.15) is 0 Å². The average molecular weight is 378 g/mol. The number of esters is 1. The van der Waals surface area contributed by atoms with Crippen LogP contribution in [-0.2, 0) is 4.79 Å². The maximum atomic E-state index is 13.3. The summed E-state index contributed by atoms with van der Waals surface area (Å²) in [5.74, 6) is 0.670. The largest absolute Gasteiger partial charge is 0.426 e. The van der Waals surface area contributed by atoms with Crippen molar-refractivity contribution < 1.29 is 9.53 Å². The topological polar surface area (TPSA) is 26.3 Å². The average Bonchev–Trinajstić information content (AvgIpc) is 2.74. The van der Waals surface area contributed by atoms with Gasteiger partial charge in [-0.25, -0.2) is 0 Å². The van der Waals surface area contributed by atoms with E-state index in [1.165, 1.54) is 11.1 Å². The van der Waals surface area contributed by atoms with E-state index in [2.05, 4.69) is 30.3 Å². The molecule has 0 heterocycles. The molecule has 0 amide bonds. The second-order valence-electron chi connectivity index (χ2n) is 7.73. The van der Waals surface area contributed by atoms with Crippen LogP contribution >= 0.6 is 0 Å².